The molecule has 1 heterocycles. The molecule has 0 fully saturated rings. The van der Waals surface area contributed by atoms with Crippen molar-refractivity contribution in [3.05, 3.63) is 41.0 Å². The molecule has 0 unspecified atom stereocenters. The van der Waals surface area contributed by atoms with Gasteiger partial charge in [-0.15, -0.1) is 5.10 Å². The molecular formula is C15H20ClN5. The van der Waals surface area contributed by atoms with Gasteiger partial charge in [0.2, 0.25) is 5.95 Å². The first kappa shape index (κ1) is 15.5. The summed E-state index contributed by atoms with van der Waals surface area (Å²) in [5.41, 5.74) is 1.19. The third-order valence-corrected chi connectivity index (χ3v) is 3.22. The lowest BCUT2D eigenvalue weighted by Gasteiger charge is -2.07. The van der Waals surface area contributed by atoms with Crippen molar-refractivity contribution in [1.82, 2.24) is 15.2 Å². The second kappa shape index (κ2) is 8.42. The second-order valence-corrected chi connectivity index (χ2v) is 5.19. The monoisotopic (exact) mass is 305 g/mol. The lowest BCUT2D eigenvalue weighted by molar-refractivity contribution is 0.818. The van der Waals surface area contributed by atoms with Gasteiger partial charge in [-0.25, -0.2) is 0 Å². The number of hydrogen-bond donors (Lipinski definition) is 2. The molecule has 6 heteroatoms. The summed E-state index contributed by atoms with van der Waals surface area (Å²) in [6, 6.07) is 7.86. The van der Waals surface area contributed by atoms with Gasteiger partial charge in [0, 0.05) is 18.1 Å². The molecular weight excluding hydrogens is 286 g/mol. The zero-order valence-electron chi connectivity index (χ0n) is 12.1. The van der Waals surface area contributed by atoms with E-state index >= 15 is 0 Å². The predicted molar refractivity (Wildman–Crippen MR) is 86.9 cm³/mol. The highest BCUT2D eigenvalue weighted by Gasteiger charge is 2.00. The van der Waals surface area contributed by atoms with Gasteiger partial charge in [-0.1, -0.05) is 37.1 Å². The minimum Gasteiger partial charge on any atom is -0.368 e. The molecule has 0 aliphatic rings. The van der Waals surface area contributed by atoms with E-state index in [4.69, 9.17) is 11.6 Å². The standard InChI is InChI=1S/C15H20ClN5/c1-2-3-8-18-15-20-14(11-19-21-15)17-9-7-12-5-4-6-13(16)10-12/h4-6,10-11H,2-3,7-9H2,1H3,(H2,17,18,20,21). The molecule has 0 radical (unpaired) electrons. The van der Waals surface area contributed by atoms with E-state index in [2.05, 4.69) is 38.8 Å². The van der Waals surface area contributed by atoms with E-state index in [9.17, 15) is 0 Å². The van der Waals surface area contributed by atoms with Crippen LogP contribution < -0.4 is 10.6 Å². The Hall–Kier alpha value is -1.88. The quantitative estimate of drug-likeness (QED) is 0.732. The molecule has 0 spiro atoms. The maximum absolute atomic E-state index is 5.96. The Labute approximate surface area is 130 Å². The van der Waals surface area contributed by atoms with Crippen LogP contribution in [-0.2, 0) is 6.42 Å². The predicted octanol–water partition coefficient (Wildman–Crippen LogP) is 3.39. The molecule has 2 rings (SSSR count). The van der Waals surface area contributed by atoms with Crippen molar-refractivity contribution in [2.45, 2.75) is 26.2 Å². The van der Waals surface area contributed by atoms with E-state index in [1.807, 2.05) is 18.2 Å². The number of rotatable bonds is 8. The van der Waals surface area contributed by atoms with Crippen LogP contribution in [0.1, 0.15) is 25.3 Å². The molecule has 0 saturated heterocycles. The van der Waals surface area contributed by atoms with Crippen LogP contribution in [0.3, 0.4) is 0 Å². The fourth-order valence-electron chi connectivity index (χ4n) is 1.87. The molecule has 0 aliphatic heterocycles. The number of nitrogens with zero attached hydrogens (tertiary/aromatic N) is 3. The van der Waals surface area contributed by atoms with E-state index < -0.39 is 0 Å². The highest BCUT2D eigenvalue weighted by atomic mass is 35.5. The summed E-state index contributed by atoms with van der Waals surface area (Å²) >= 11 is 5.96. The van der Waals surface area contributed by atoms with Crippen molar-refractivity contribution in [2.24, 2.45) is 0 Å². The molecule has 0 amide bonds. The molecule has 5 nitrogen and oxygen atoms in total. The second-order valence-electron chi connectivity index (χ2n) is 4.75. The van der Waals surface area contributed by atoms with Crippen LogP contribution in [0.15, 0.2) is 30.5 Å². The maximum Gasteiger partial charge on any atom is 0.244 e. The lowest BCUT2D eigenvalue weighted by Crippen LogP contribution is -2.10. The summed E-state index contributed by atoms with van der Waals surface area (Å²) in [7, 11) is 0. The summed E-state index contributed by atoms with van der Waals surface area (Å²) in [5.74, 6) is 1.29. The molecule has 1 aromatic heterocycles. The third kappa shape index (κ3) is 5.55. The Morgan fingerprint density at radius 3 is 2.90 bits per heavy atom. The first-order chi connectivity index (χ1) is 10.3. The molecule has 1 aromatic carbocycles. The molecule has 21 heavy (non-hydrogen) atoms. The third-order valence-electron chi connectivity index (χ3n) is 2.98. The van der Waals surface area contributed by atoms with Gasteiger partial charge in [-0.2, -0.15) is 10.1 Å². The van der Waals surface area contributed by atoms with Crippen molar-refractivity contribution in [3.8, 4) is 0 Å². The SMILES string of the molecule is CCCCNc1nncc(NCCc2cccc(Cl)c2)n1. The van der Waals surface area contributed by atoms with Gasteiger partial charge in [0.05, 0.1) is 6.20 Å². The molecule has 112 valence electrons. The lowest BCUT2D eigenvalue weighted by atomic mass is 10.1. The minimum absolute atomic E-state index is 0.566. The van der Waals surface area contributed by atoms with Gasteiger partial charge in [0.25, 0.3) is 0 Å². The number of hydrogen-bond acceptors (Lipinski definition) is 5. The van der Waals surface area contributed by atoms with E-state index in [1.165, 1.54) is 5.56 Å². The normalized spacial score (nSPS) is 10.4. The topological polar surface area (TPSA) is 62.7 Å². The molecule has 2 aromatic rings. The largest absolute Gasteiger partial charge is 0.368 e. The van der Waals surface area contributed by atoms with Crippen molar-refractivity contribution in [3.63, 3.8) is 0 Å². The molecule has 0 atom stereocenters. The van der Waals surface area contributed by atoms with E-state index in [0.717, 1.165) is 43.2 Å². The van der Waals surface area contributed by atoms with Crippen molar-refractivity contribution >= 4 is 23.4 Å². The Morgan fingerprint density at radius 1 is 1.19 bits per heavy atom. The van der Waals surface area contributed by atoms with Gasteiger partial charge >= 0.3 is 0 Å². The van der Waals surface area contributed by atoms with Crippen molar-refractivity contribution in [2.75, 3.05) is 23.7 Å². The average Bonchev–Trinajstić information content (AvgIpc) is 2.48. The number of benzene rings is 1. The summed E-state index contributed by atoms with van der Waals surface area (Å²) in [6.45, 7) is 3.78. The Balaban J connectivity index is 1.81. The van der Waals surface area contributed by atoms with Gasteiger partial charge in [0.1, 0.15) is 0 Å². The first-order valence-corrected chi connectivity index (χ1v) is 7.57. The van der Waals surface area contributed by atoms with Crippen LogP contribution in [-0.4, -0.2) is 28.3 Å². The van der Waals surface area contributed by atoms with Crippen LogP contribution in [0.2, 0.25) is 5.02 Å². The number of nitrogens with one attached hydrogen (secondary N) is 2. The van der Waals surface area contributed by atoms with Crippen LogP contribution in [0.4, 0.5) is 11.8 Å². The van der Waals surface area contributed by atoms with E-state index in [0.29, 0.717) is 5.95 Å². The molecule has 0 saturated carbocycles. The highest BCUT2D eigenvalue weighted by Crippen LogP contribution is 2.11. The summed E-state index contributed by atoms with van der Waals surface area (Å²) in [4.78, 5) is 4.37. The maximum atomic E-state index is 5.96. The summed E-state index contributed by atoms with van der Waals surface area (Å²) in [5, 5.41) is 15.1. The van der Waals surface area contributed by atoms with Crippen molar-refractivity contribution in [1.29, 1.82) is 0 Å². The van der Waals surface area contributed by atoms with E-state index in [1.54, 1.807) is 6.20 Å². The van der Waals surface area contributed by atoms with Gasteiger partial charge in [-0.05, 0) is 30.5 Å². The van der Waals surface area contributed by atoms with Gasteiger partial charge in [0.15, 0.2) is 5.82 Å². The van der Waals surface area contributed by atoms with Crippen LogP contribution >= 0.6 is 11.6 Å². The highest BCUT2D eigenvalue weighted by molar-refractivity contribution is 6.30. The van der Waals surface area contributed by atoms with Crippen LogP contribution in [0.25, 0.3) is 0 Å². The van der Waals surface area contributed by atoms with Crippen LogP contribution in [0, 0.1) is 0 Å². The fourth-order valence-corrected chi connectivity index (χ4v) is 2.08. The number of unbranched alkanes of at least 4 members (excludes halogenated alkanes) is 1. The smallest absolute Gasteiger partial charge is 0.244 e. The molecule has 0 aliphatic carbocycles. The number of aromatic nitrogens is 3. The number of halogens is 1. The van der Waals surface area contributed by atoms with Gasteiger partial charge < -0.3 is 10.6 Å². The average molecular weight is 306 g/mol. The molecule has 2 N–H and O–H groups in total. The Morgan fingerprint density at radius 2 is 2.10 bits per heavy atom. The Bertz CT molecular complexity index is 561. The summed E-state index contributed by atoms with van der Waals surface area (Å²) in [6.07, 6.45) is 4.74. The Kier molecular flexibility index (Phi) is 6.22. The van der Waals surface area contributed by atoms with E-state index in [-0.39, 0.29) is 0 Å². The molecule has 0 bridgehead atoms. The summed E-state index contributed by atoms with van der Waals surface area (Å²) < 4.78 is 0. The zero-order chi connectivity index (χ0) is 14.9. The fraction of sp³-hybridized carbons (Fsp3) is 0.400. The first-order valence-electron chi connectivity index (χ1n) is 7.20. The van der Waals surface area contributed by atoms with Gasteiger partial charge in [-0.3, -0.25) is 0 Å². The minimum atomic E-state index is 0.566. The zero-order valence-corrected chi connectivity index (χ0v) is 12.9. The van der Waals surface area contributed by atoms with Crippen LogP contribution in [0.5, 0.6) is 0 Å². The van der Waals surface area contributed by atoms with Crippen molar-refractivity contribution < 1.29 is 0 Å². The number of anilines is 2.